The van der Waals surface area contributed by atoms with E-state index < -0.39 is 0 Å². The fourth-order valence-corrected chi connectivity index (χ4v) is 10.6. The van der Waals surface area contributed by atoms with Gasteiger partial charge in [-0.15, -0.1) is 20.4 Å². The van der Waals surface area contributed by atoms with E-state index in [1.165, 1.54) is 11.1 Å². The number of morpholine rings is 1. The first-order valence-electron chi connectivity index (χ1n) is 24.0. The van der Waals surface area contributed by atoms with Crippen molar-refractivity contribution in [3.63, 3.8) is 0 Å². The number of nitrogens with zero attached hydrogens (tertiary/aromatic N) is 12. The normalized spacial score (nSPS) is 21.2. The quantitative estimate of drug-likeness (QED) is 0.122. The molecule has 5 saturated heterocycles. The van der Waals surface area contributed by atoms with Crippen LogP contribution in [0.3, 0.4) is 0 Å². The molecular formula is C51H64N12O2. The van der Waals surface area contributed by atoms with E-state index in [0.717, 1.165) is 158 Å². The Morgan fingerprint density at radius 1 is 0.554 bits per heavy atom. The van der Waals surface area contributed by atoms with Gasteiger partial charge in [0.05, 0.1) is 45.0 Å². The van der Waals surface area contributed by atoms with Crippen LogP contribution in [0, 0.1) is 0 Å². The minimum absolute atomic E-state index is 0.392. The third-order valence-electron chi connectivity index (χ3n) is 14.3. The van der Waals surface area contributed by atoms with E-state index in [2.05, 4.69) is 124 Å². The number of rotatable bonds is 13. The van der Waals surface area contributed by atoms with Crippen molar-refractivity contribution in [1.29, 1.82) is 0 Å². The summed E-state index contributed by atoms with van der Waals surface area (Å²) in [6, 6.07) is 34.2. The number of ether oxygens (including phenoxy) is 2. The summed E-state index contributed by atoms with van der Waals surface area (Å²) in [5, 5.41) is 18.9. The maximum atomic E-state index is 5.80. The van der Waals surface area contributed by atoms with Gasteiger partial charge >= 0.3 is 0 Å². The van der Waals surface area contributed by atoms with Crippen LogP contribution in [0.15, 0.2) is 109 Å². The number of methoxy groups -OCH3 is 1. The minimum atomic E-state index is 0.392. The van der Waals surface area contributed by atoms with E-state index in [1.54, 1.807) is 0 Å². The van der Waals surface area contributed by atoms with E-state index in [0.29, 0.717) is 30.1 Å². The second-order valence-electron chi connectivity index (χ2n) is 18.5. The standard InChI is InChI=1S/C26H34N6O.C25H30N6O/c1-33-23-12-15-30(16-13-23)20-25-28-29-26(32(25)19-21-7-3-2-4-8-21)22-10-17-31(18-11-22)24-9-5-6-14-27-24;1-2-6-19(7-3-1)15-31-24(17-30-16-22-14-21(30)18-32-22)27-28-25(31)20-9-12-29(13-10-20)23-8-4-5-11-26-23/h2-9,14,22-23H,10-13,15-20H2,1H3;1-8,11,20-22H,9-10,12-18H2. The Morgan fingerprint density at radius 3 is 1.51 bits per heavy atom. The van der Waals surface area contributed by atoms with Crippen molar-refractivity contribution in [2.24, 2.45) is 0 Å². The lowest BCUT2D eigenvalue weighted by atomic mass is 9.95. The highest BCUT2D eigenvalue weighted by Crippen LogP contribution is 2.33. The van der Waals surface area contributed by atoms with Gasteiger partial charge in [0, 0.05) is 83.2 Å². The molecule has 9 heterocycles. The first-order valence-corrected chi connectivity index (χ1v) is 24.0. The molecule has 0 N–H and O–H groups in total. The number of hydrogen-bond donors (Lipinski definition) is 0. The van der Waals surface area contributed by atoms with Gasteiger partial charge in [0.2, 0.25) is 0 Å². The molecule has 5 fully saturated rings. The Labute approximate surface area is 383 Å². The molecule has 0 saturated carbocycles. The molecule has 0 radical (unpaired) electrons. The lowest BCUT2D eigenvalue weighted by Gasteiger charge is -2.33. The Hall–Kier alpha value is -5.54. The fourth-order valence-electron chi connectivity index (χ4n) is 10.6. The number of benzene rings is 2. The van der Waals surface area contributed by atoms with Crippen molar-refractivity contribution in [3.05, 3.63) is 144 Å². The smallest absolute Gasteiger partial charge is 0.147 e. The third kappa shape index (κ3) is 10.5. The zero-order valence-corrected chi connectivity index (χ0v) is 37.9. The average Bonchev–Trinajstić information content (AvgIpc) is 4.19. The lowest BCUT2D eigenvalue weighted by molar-refractivity contribution is 0.0259. The highest BCUT2D eigenvalue weighted by molar-refractivity contribution is 5.39. The summed E-state index contributed by atoms with van der Waals surface area (Å²) in [4.78, 5) is 18.9. The SMILES string of the molecule is COC1CCN(Cc2nnc(C3CCN(c4ccccn4)CC3)n2Cc2ccccc2)CC1.c1ccc(Cn2c(CN3CC4CC3CO4)nnc2C2CCN(c3ccccn3)CC2)cc1. The number of aromatic nitrogens is 8. The Kier molecular flexibility index (Phi) is 13.8. The van der Waals surface area contributed by atoms with Gasteiger partial charge in [-0.05, 0) is 80.3 Å². The summed E-state index contributed by atoms with van der Waals surface area (Å²) in [6.45, 7) is 11.3. The van der Waals surface area contributed by atoms with E-state index in [4.69, 9.17) is 29.9 Å². The fraction of sp³-hybridized carbons (Fsp3) is 0.490. The molecule has 11 rings (SSSR count). The van der Waals surface area contributed by atoms with Crippen LogP contribution in [-0.2, 0) is 35.7 Å². The number of anilines is 2. The second kappa shape index (κ2) is 20.7. The van der Waals surface area contributed by atoms with Crippen molar-refractivity contribution in [2.45, 2.75) is 101 Å². The Bertz CT molecular complexity index is 2360. The van der Waals surface area contributed by atoms with Gasteiger partial charge in [0.25, 0.3) is 0 Å². The van der Waals surface area contributed by atoms with Crippen molar-refractivity contribution in [2.75, 3.05) is 69.3 Å². The monoisotopic (exact) mass is 877 g/mol. The number of pyridine rings is 2. The summed E-state index contributed by atoms with van der Waals surface area (Å²) in [7, 11) is 1.82. The van der Waals surface area contributed by atoms with E-state index in [-0.39, 0.29) is 0 Å². The molecule has 6 aromatic rings. The van der Waals surface area contributed by atoms with Gasteiger partial charge in [0.15, 0.2) is 0 Å². The summed E-state index contributed by atoms with van der Waals surface area (Å²) >= 11 is 0. The van der Waals surface area contributed by atoms with Crippen LogP contribution < -0.4 is 9.80 Å². The number of likely N-dealkylation sites (tertiary alicyclic amines) is 2. The molecule has 2 unspecified atom stereocenters. The predicted molar refractivity (Wildman–Crippen MR) is 252 cm³/mol. The van der Waals surface area contributed by atoms with Gasteiger partial charge in [-0.2, -0.15) is 0 Å². The molecule has 340 valence electrons. The highest BCUT2D eigenvalue weighted by atomic mass is 16.5. The molecule has 5 aliphatic heterocycles. The van der Waals surface area contributed by atoms with Crippen LogP contribution in [0.25, 0.3) is 0 Å². The molecule has 65 heavy (non-hydrogen) atoms. The van der Waals surface area contributed by atoms with Crippen LogP contribution in [-0.4, -0.2) is 127 Å². The average molecular weight is 877 g/mol. The second-order valence-corrected chi connectivity index (χ2v) is 18.5. The first kappa shape index (κ1) is 43.4. The zero-order valence-electron chi connectivity index (χ0n) is 37.9. The molecule has 2 bridgehead atoms. The summed E-state index contributed by atoms with van der Waals surface area (Å²) < 4.78 is 16.1. The van der Waals surface area contributed by atoms with Crippen molar-refractivity contribution in [1.82, 2.24) is 49.3 Å². The van der Waals surface area contributed by atoms with Crippen LogP contribution in [0.5, 0.6) is 0 Å². The molecule has 14 heteroatoms. The van der Waals surface area contributed by atoms with Crippen molar-refractivity contribution < 1.29 is 9.47 Å². The topological polar surface area (TPSA) is 119 Å². The minimum Gasteiger partial charge on any atom is -0.381 e. The molecule has 5 aliphatic rings. The molecule has 0 aliphatic carbocycles. The van der Waals surface area contributed by atoms with Crippen LogP contribution in [0.1, 0.15) is 91.2 Å². The van der Waals surface area contributed by atoms with Crippen molar-refractivity contribution >= 4 is 11.6 Å². The Morgan fingerprint density at radius 2 is 1.06 bits per heavy atom. The number of piperidine rings is 3. The van der Waals surface area contributed by atoms with Crippen LogP contribution in [0.2, 0.25) is 0 Å². The van der Waals surface area contributed by atoms with Gasteiger partial charge in [-0.1, -0.05) is 72.8 Å². The van der Waals surface area contributed by atoms with Gasteiger partial charge in [-0.3, -0.25) is 9.80 Å². The Balaban J connectivity index is 0.000000153. The van der Waals surface area contributed by atoms with Gasteiger partial charge in [-0.25, -0.2) is 9.97 Å². The van der Waals surface area contributed by atoms with Gasteiger partial charge in [0.1, 0.15) is 34.9 Å². The predicted octanol–water partition coefficient (Wildman–Crippen LogP) is 6.79. The van der Waals surface area contributed by atoms with E-state index >= 15 is 0 Å². The summed E-state index contributed by atoms with van der Waals surface area (Å²) in [5.74, 6) is 7.45. The van der Waals surface area contributed by atoms with Gasteiger partial charge < -0.3 is 28.4 Å². The zero-order chi connectivity index (χ0) is 43.8. The number of hydrogen-bond acceptors (Lipinski definition) is 12. The maximum absolute atomic E-state index is 5.80. The molecule has 14 nitrogen and oxygen atoms in total. The summed E-state index contributed by atoms with van der Waals surface area (Å²) in [5.41, 5.74) is 2.59. The largest absolute Gasteiger partial charge is 0.381 e. The molecule has 0 spiro atoms. The maximum Gasteiger partial charge on any atom is 0.147 e. The molecule has 2 aromatic carbocycles. The van der Waals surface area contributed by atoms with Crippen molar-refractivity contribution in [3.8, 4) is 0 Å². The van der Waals surface area contributed by atoms with Crippen LogP contribution in [0.4, 0.5) is 11.6 Å². The van der Waals surface area contributed by atoms with E-state index in [1.807, 2.05) is 31.6 Å². The first-order chi connectivity index (χ1) is 32.1. The molecular weight excluding hydrogens is 813 g/mol. The summed E-state index contributed by atoms with van der Waals surface area (Å²) in [6.07, 6.45) is 12.2. The molecule has 0 amide bonds. The molecule has 2 atom stereocenters. The number of fused-ring (bicyclic) bond motifs is 2. The molecule has 4 aromatic heterocycles. The highest BCUT2D eigenvalue weighted by Gasteiger charge is 2.40. The lowest BCUT2D eigenvalue weighted by Crippen LogP contribution is -2.37. The van der Waals surface area contributed by atoms with E-state index in [9.17, 15) is 0 Å². The third-order valence-corrected chi connectivity index (χ3v) is 14.3. The van der Waals surface area contributed by atoms with Crippen LogP contribution >= 0.6 is 0 Å².